The van der Waals surface area contributed by atoms with Crippen molar-refractivity contribution in [2.75, 3.05) is 0 Å². The topological polar surface area (TPSA) is 61.1 Å². The predicted molar refractivity (Wildman–Crippen MR) is 152 cm³/mol. The van der Waals surface area contributed by atoms with Gasteiger partial charge in [0.1, 0.15) is 0 Å². The molecule has 6 heteroatoms. The molecule has 4 nitrogen and oxygen atoms in total. The van der Waals surface area contributed by atoms with Crippen molar-refractivity contribution in [2.24, 2.45) is 9.98 Å². The minimum Gasteiger partial charge on any atom is -0.753 e. The van der Waals surface area contributed by atoms with Crippen LogP contribution in [0.4, 0.5) is 0 Å². The van der Waals surface area contributed by atoms with Crippen LogP contribution in [0.1, 0.15) is 104 Å². The first-order chi connectivity index (χ1) is 16.3. The third-order valence-corrected chi connectivity index (χ3v) is 6.69. The van der Waals surface area contributed by atoms with E-state index in [1.54, 1.807) is 0 Å². The molecule has 2 aliphatic rings. The Morgan fingerprint density at radius 2 is 1.00 bits per heavy atom. The Morgan fingerprint density at radius 1 is 0.686 bits per heavy atom. The Kier molecular flexibility index (Phi) is 12.9. The fourth-order valence-corrected chi connectivity index (χ4v) is 5.20. The molecule has 0 spiro atoms. The first kappa shape index (κ1) is 31.0. The summed E-state index contributed by atoms with van der Waals surface area (Å²) in [6.07, 6.45) is 10.5. The van der Waals surface area contributed by atoms with Gasteiger partial charge in [0.2, 0.25) is 0 Å². The van der Waals surface area contributed by atoms with Gasteiger partial charge in [-0.2, -0.15) is 5.16 Å². The van der Waals surface area contributed by atoms with Crippen molar-refractivity contribution >= 4 is 41.0 Å². The van der Waals surface area contributed by atoms with E-state index < -0.39 is 0 Å². The molecule has 3 rings (SSSR count). The first-order valence-electron chi connectivity index (χ1n) is 12.5. The molecule has 0 fully saturated rings. The van der Waals surface area contributed by atoms with Gasteiger partial charge in [-0.3, -0.25) is 9.98 Å². The Labute approximate surface area is 230 Å². The van der Waals surface area contributed by atoms with Gasteiger partial charge in [-0.25, -0.2) is 0 Å². The molecular formula is C29H38N4SZn. The molecule has 0 radical (unpaired) electrons. The van der Waals surface area contributed by atoms with Crippen LogP contribution in [0, 0.1) is 0 Å². The zero-order valence-electron chi connectivity index (χ0n) is 22.8. The monoisotopic (exact) mass is 538 g/mol. The van der Waals surface area contributed by atoms with Gasteiger partial charge in [0.15, 0.2) is 0 Å². The van der Waals surface area contributed by atoms with Gasteiger partial charge in [0.25, 0.3) is 0 Å². The van der Waals surface area contributed by atoms with E-state index in [-0.39, 0.29) is 19.5 Å². The number of thiocarbonyl (C=S) groups is 1. The fourth-order valence-electron chi connectivity index (χ4n) is 5.20. The van der Waals surface area contributed by atoms with Crippen LogP contribution in [0.2, 0.25) is 0 Å². The van der Waals surface area contributed by atoms with Crippen molar-refractivity contribution in [1.82, 2.24) is 4.98 Å². The maximum absolute atomic E-state index is 7.13. The van der Waals surface area contributed by atoms with E-state index in [1.807, 2.05) is 0 Å². The molecule has 1 aromatic rings. The normalized spacial score (nSPS) is 17.4. The maximum Gasteiger partial charge on any atom is 2.00 e. The molecule has 3 heterocycles. The second-order valence-electron chi connectivity index (χ2n) is 8.42. The van der Waals surface area contributed by atoms with Gasteiger partial charge < -0.3 is 10.4 Å². The number of aromatic nitrogens is 1. The molecular weight excluding hydrogens is 502 g/mol. The average molecular weight is 540 g/mol. The second-order valence-corrected chi connectivity index (χ2v) is 8.60. The summed E-state index contributed by atoms with van der Waals surface area (Å²) in [5, 5.41) is 8.47. The number of allylic oxidation sites excluding steroid dienone is 4. The third-order valence-electron chi connectivity index (χ3n) is 6.69. The smallest absolute Gasteiger partial charge is 0.753 e. The van der Waals surface area contributed by atoms with E-state index in [4.69, 9.17) is 20.4 Å². The molecule has 35 heavy (non-hydrogen) atoms. The third kappa shape index (κ3) is 6.61. The summed E-state index contributed by atoms with van der Waals surface area (Å²) in [6.45, 7) is 17.6. The van der Waals surface area contributed by atoms with Crippen LogP contribution in [-0.4, -0.2) is 16.6 Å². The molecule has 0 unspecified atom stereocenters. The van der Waals surface area contributed by atoms with Crippen LogP contribution in [-0.2, 0) is 32.3 Å². The molecule has 0 N–H and O–H groups in total. The number of isothiocyanates is 1. The van der Waals surface area contributed by atoms with E-state index in [0.29, 0.717) is 0 Å². The summed E-state index contributed by atoms with van der Waals surface area (Å²) < 4.78 is 0. The molecule has 1 aromatic heterocycles. The molecule has 0 atom stereocenters. The number of aliphatic imine (C=N–C) groups is 2. The van der Waals surface area contributed by atoms with Crippen LogP contribution in [0.5, 0.6) is 0 Å². The van der Waals surface area contributed by atoms with E-state index >= 15 is 0 Å². The number of hydrogen-bond acceptors (Lipinski definition) is 3. The number of rotatable bonds is 8. The standard InChI is InChI=1S/C28H38N3.CNS.Zn/c1-9-19-17(7)29-25(21(19)11-3)15-27-23(13-5)24(14-6)28(31-27)16-26-22(12-4)20(10-2)18(8)30-26;2-1-3;/h15-16H,9-14H2,1-8H3;;/q2*-1;+2/b25-15-,26-16-;;. The maximum atomic E-state index is 7.13. The van der Waals surface area contributed by atoms with Crippen LogP contribution in [0.25, 0.3) is 17.6 Å². The summed E-state index contributed by atoms with van der Waals surface area (Å²) in [6, 6.07) is 0. The predicted octanol–water partition coefficient (Wildman–Crippen LogP) is 8.29. The van der Waals surface area contributed by atoms with Gasteiger partial charge in [0, 0.05) is 11.4 Å². The van der Waals surface area contributed by atoms with Gasteiger partial charge in [-0.15, -0.1) is 11.4 Å². The average Bonchev–Trinajstić information content (AvgIpc) is 3.42. The summed E-state index contributed by atoms with van der Waals surface area (Å²) in [7, 11) is 0. The van der Waals surface area contributed by atoms with E-state index in [0.717, 1.165) is 72.7 Å². The largest absolute Gasteiger partial charge is 2.00 e. The summed E-state index contributed by atoms with van der Waals surface area (Å²) in [4.78, 5) is 14.9. The van der Waals surface area contributed by atoms with Crippen molar-refractivity contribution < 1.29 is 19.5 Å². The van der Waals surface area contributed by atoms with E-state index in [1.165, 1.54) is 38.6 Å². The van der Waals surface area contributed by atoms with Crippen LogP contribution < -0.4 is 4.98 Å². The Hall–Kier alpha value is -2.00. The molecule has 0 aliphatic carbocycles. The molecule has 0 saturated heterocycles. The van der Waals surface area contributed by atoms with Gasteiger partial charge in [0.05, 0.1) is 11.4 Å². The van der Waals surface area contributed by atoms with Gasteiger partial charge in [-0.05, 0) is 74.7 Å². The summed E-state index contributed by atoms with van der Waals surface area (Å²) in [5.41, 5.74) is 14.9. The Balaban J connectivity index is 0.00000145. The minimum absolute atomic E-state index is 0. The zero-order valence-corrected chi connectivity index (χ0v) is 26.6. The summed E-state index contributed by atoms with van der Waals surface area (Å²) in [5.74, 6) is 0. The zero-order chi connectivity index (χ0) is 25.4. The first-order valence-corrected chi connectivity index (χ1v) is 12.9. The van der Waals surface area contributed by atoms with Crippen molar-refractivity contribution in [3.05, 3.63) is 61.6 Å². The van der Waals surface area contributed by atoms with Gasteiger partial charge in [-0.1, -0.05) is 77.0 Å². The van der Waals surface area contributed by atoms with Crippen molar-refractivity contribution in [2.45, 2.75) is 93.9 Å². The minimum atomic E-state index is 0. The SMILES string of the molecule is CCC1=C(CC)/C(=C/c2[n-]c(/C=C3\N=C(C)C(CC)=C3CC)c(CC)c2CC)N=C1C.[N-]=C=S.[Zn+2]. The molecule has 0 saturated carbocycles. The van der Waals surface area contributed by atoms with E-state index in [9.17, 15) is 0 Å². The van der Waals surface area contributed by atoms with Crippen molar-refractivity contribution in [3.8, 4) is 0 Å². The fraction of sp³-hybridized carbons (Fsp3) is 0.483. The number of hydrogen-bond donors (Lipinski definition) is 0. The van der Waals surface area contributed by atoms with Crippen LogP contribution in [0.15, 0.2) is 43.7 Å². The number of nitrogens with zero attached hydrogens (tertiary/aromatic N) is 4. The van der Waals surface area contributed by atoms with Crippen molar-refractivity contribution in [3.63, 3.8) is 0 Å². The molecule has 2 aliphatic heterocycles. The quantitative estimate of drug-likeness (QED) is 0.189. The van der Waals surface area contributed by atoms with Crippen LogP contribution in [0.3, 0.4) is 0 Å². The Bertz CT molecular complexity index is 1070. The second kappa shape index (κ2) is 14.5. The molecule has 0 bridgehead atoms. The van der Waals surface area contributed by atoms with Crippen molar-refractivity contribution in [1.29, 1.82) is 0 Å². The summed E-state index contributed by atoms with van der Waals surface area (Å²) >= 11 is 3.70. The van der Waals surface area contributed by atoms with E-state index in [2.05, 4.69) is 79.8 Å². The van der Waals surface area contributed by atoms with Gasteiger partial charge >= 0.3 is 19.5 Å². The van der Waals surface area contributed by atoms with Crippen LogP contribution >= 0.6 is 12.2 Å². The molecule has 182 valence electrons. The molecule has 0 aromatic carbocycles. The Morgan fingerprint density at radius 3 is 1.26 bits per heavy atom. The molecule has 0 amide bonds.